The van der Waals surface area contributed by atoms with E-state index in [0.29, 0.717) is 16.4 Å². The summed E-state index contributed by atoms with van der Waals surface area (Å²) < 4.78 is 0. The Morgan fingerprint density at radius 2 is 1.51 bits per heavy atom. The molecule has 1 aromatic heterocycles. The SMILES string of the molecule is Cc1ccc(N=C(Nc2ccccc2)S[C@@H](c2ccccc2)c2nc3ccccc3[nH]c2=O)cc1. The standard InChI is InChI=1S/C29H24N4OS/c1-20-16-18-23(19-17-20)31-29(30-22-12-6-3-7-13-22)35-27(21-10-4-2-5-11-21)26-28(34)33-25-15-9-8-14-24(25)32-26/h2-19,27H,1H3,(H,30,31)(H,33,34)/t27-/m0/s1. The number of benzene rings is 4. The van der Waals surface area contributed by atoms with E-state index >= 15 is 0 Å². The van der Waals surface area contributed by atoms with Gasteiger partial charge in [0.2, 0.25) is 0 Å². The van der Waals surface area contributed by atoms with Gasteiger partial charge in [0, 0.05) is 5.69 Å². The predicted octanol–water partition coefficient (Wildman–Crippen LogP) is 6.85. The number of para-hydroxylation sites is 3. The molecule has 0 aliphatic heterocycles. The number of thioether (sulfide) groups is 1. The molecule has 0 spiro atoms. The van der Waals surface area contributed by atoms with Crippen LogP contribution in [0.5, 0.6) is 0 Å². The fourth-order valence-electron chi connectivity index (χ4n) is 3.71. The van der Waals surface area contributed by atoms with Crippen molar-refractivity contribution < 1.29 is 0 Å². The third-order valence-corrected chi connectivity index (χ3v) is 6.64. The zero-order chi connectivity index (χ0) is 24.0. The lowest BCUT2D eigenvalue weighted by molar-refractivity contribution is 1.01. The van der Waals surface area contributed by atoms with E-state index in [9.17, 15) is 4.79 Å². The number of nitrogens with zero attached hydrogens (tertiary/aromatic N) is 2. The van der Waals surface area contributed by atoms with Crippen molar-refractivity contribution in [3.63, 3.8) is 0 Å². The first-order valence-corrected chi connectivity index (χ1v) is 12.2. The molecule has 0 bridgehead atoms. The molecule has 5 nitrogen and oxygen atoms in total. The number of aliphatic imine (C=N–C) groups is 1. The number of aromatic amines is 1. The Balaban J connectivity index is 1.61. The van der Waals surface area contributed by atoms with Gasteiger partial charge in [-0.1, -0.05) is 90.1 Å². The molecular formula is C29H24N4OS. The first-order valence-electron chi connectivity index (χ1n) is 11.3. The Morgan fingerprint density at radius 1 is 0.857 bits per heavy atom. The second kappa shape index (κ2) is 10.4. The van der Waals surface area contributed by atoms with Crippen LogP contribution < -0.4 is 10.9 Å². The minimum absolute atomic E-state index is 0.209. The molecule has 0 aliphatic carbocycles. The van der Waals surface area contributed by atoms with Crippen LogP contribution in [0.2, 0.25) is 0 Å². The van der Waals surface area contributed by atoms with Gasteiger partial charge in [-0.15, -0.1) is 0 Å². The lowest BCUT2D eigenvalue weighted by Crippen LogP contribution is -2.20. The number of rotatable bonds is 5. The van der Waals surface area contributed by atoms with Crippen LogP contribution >= 0.6 is 11.8 Å². The molecule has 35 heavy (non-hydrogen) atoms. The summed E-state index contributed by atoms with van der Waals surface area (Å²) in [5, 5.41) is 3.74. The Hall–Kier alpha value is -4.16. The number of aromatic nitrogens is 2. The molecule has 5 rings (SSSR count). The molecule has 1 heterocycles. The summed E-state index contributed by atoms with van der Waals surface area (Å²) in [4.78, 5) is 25.9. The van der Waals surface area contributed by atoms with Gasteiger partial charge in [-0.05, 0) is 48.9 Å². The van der Waals surface area contributed by atoms with E-state index in [4.69, 9.17) is 9.98 Å². The lowest BCUT2D eigenvalue weighted by Gasteiger charge is -2.19. The molecule has 0 amide bonds. The zero-order valence-electron chi connectivity index (χ0n) is 19.2. The van der Waals surface area contributed by atoms with Crippen LogP contribution in [-0.2, 0) is 0 Å². The maximum atomic E-state index is 13.2. The summed E-state index contributed by atoms with van der Waals surface area (Å²) in [5.41, 5.74) is 5.57. The molecule has 172 valence electrons. The monoisotopic (exact) mass is 476 g/mol. The van der Waals surface area contributed by atoms with Crippen molar-refractivity contribution in [2.45, 2.75) is 12.2 Å². The van der Waals surface area contributed by atoms with Crippen LogP contribution in [0, 0.1) is 6.92 Å². The summed E-state index contributed by atoms with van der Waals surface area (Å²) in [6.07, 6.45) is 0. The van der Waals surface area contributed by atoms with Gasteiger partial charge in [0.25, 0.3) is 5.56 Å². The zero-order valence-corrected chi connectivity index (χ0v) is 20.0. The molecule has 5 aromatic rings. The summed E-state index contributed by atoms with van der Waals surface area (Å²) >= 11 is 1.47. The summed E-state index contributed by atoms with van der Waals surface area (Å²) in [7, 11) is 0. The van der Waals surface area contributed by atoms with Gasteiger partial charge in [-0.2, -0.15) is 0 Å². The summed E-state index contributed by atoms with van der Waals surface area (Å²) in [5.74, 6) is 0. The Kier molecular flexibility index (Phi) is 6.73. The van der Waals surface area contributed by atoms with Gasteiger partial charge < -0.3 is 10.3 Å². The molecule has 0 aliphatic rings. The van der Waals surface area contributed by atoms with Crippen molar-refractivity contribution in [2.24, 2.45) is 4.99 Å². The molecule has 0 fully saturated rings. The second-order valence-corrected chi connectivity index (χ2v) is 9.21. The van der Waals surface area contributed by atoms with Crippen molar-refractivity contribution in [3.05, 3.63) is 136 Å². The lowest BCUT2D eigenvalue weighted by atomic mass is 10.1. The maximum absolute atomic E-state index is 13.2. The molecule has 4 aromatic carbocycles. The van der Waals surface area contributed by atoms with Gasteiger partial charge in [-0.3, -0.25) is 4.79 Å². The maximum Gasteiger partial charge on any atom is 0.271 e. The Morgan fingerprint density at radius 3 is 2.26 bits per heavy atom. The van der Waals surface area contributed by atoms with Crippen LogP contribution in [0.25, 0.3) is 11.0 Å². The fourth-order valence-corrected chi connectivity index (χ4v) is 4.83. The highest BCUT2D eigenvalue weighted by atomic mass is 32.2. The summed E-state index contributed by atoms with van der Waals surface area (Å²) in [6.45, 7) is 2.05. The van der Waals surface area contributed by atoms with Crippen molar-refractivity contribution in [2.75, 3.05) is 5.32 Å². The van der Waals surface area contributed by atoms with E-state index < -0.39 is 0 Å². The molecular weight excluding hydrogens is 452 g/mol. The highest BCUT2D eigenvalue weighted by molar-refractivity contribution is 8.14. The van der Waals surface area contributed by atoms with Crippen LogP contribution in [-0.4, -0.2) is 15.1 Å². The van der Waals surface area contributed by atoms with Gasteiger partial charge in [0.1, 0.15) is 5.69 Å². The third-order valence-electron chi connectivity index (χ3n) is 5.50. The van der Waals surface area contributed by atoms with Crippen LogP contribution in [0.15, 0.2) is 119 Å². The highest BCUT2D eigenvalue weighted by Gasteiger charge is 2.23. The first kappa shape index (κ1) is 22.6. The van der Waals surface area contributed by atoms with Crippen LogP contribution in [0.4, 0.5) is 11.4 Å². The van der Waals surface area contributed by atoms with Gasteiger partial charge >= 0.3 is 0 Å². The van der Waals surface area contributed by atoms with Crippen molar-refractivity contribution in [1.29, 1.82) is 0 Å². The van der Waals surface area contributed by atoms with Gasteiger partial charge in [0.05, 0.1) is 22.0 Å². The summed E-state index contributed by atoms with van der Waals surface area (Å²) in [6, 6.07) is 35.5. The normalized spacial score (nSPS) is 12.4. The molecule has 0 unspecified atom stereocenters. The van der Waals surface area contributed by atoms with Gasteiger partial charge in [-0.25, -0.2) is 9.98 Å². The second-order valence-electron chi connectivity index (χ2n) is 8.12. The Labute approximate surface area is 208 Å². The van der Waals surface area contributed by atoms with E-state index in [2.05, 4.69) is 17.2 Å². The largest absolute Gasteiger partial charge is 0.335 e. The molecule has 0 radical (unpaired) electrons. The van der Waals surface area contributed by atoms with Crippen LogP contribution in [0.1, 0.15) is 22.1 Å². The van der Waals surface area contributed by atoms with E-state index in [1.54, 1.807) is 0 Å². The number of aryl methyl sites for hydroxylation is 1. The Bertz CT molecular complexity index is 1510. The number of hydrogen-bond acceptors (Lipinski definition) is 4. The number of hydrogen-bond donors (Lipinski definition) is 2. The first-order chi connectivity index (χ1) is 17.2. The fraction of sp³-hybridized carbons (Fsp3) is 0.0690. The quantitative estimate of drug-likeness (QED) is 0.215. The smallest absolute Gasteiger partial charge is 0.271 e. The van der Waals surface area contributed by atoms with E-state index in [1.807, 2.05) is 109 Å². The third kappa shape index (κ3) is 5.50. The average molecular weight is 477 g/mol. The van der Waals surface area contributed by atoms with Gasteiger partial charge in [0.15, 0.2) is 5.17 Å². The molecule has 1 atom stereocenters. The molecule has 0 saturated carbocycles. The predicted molar refractivity (Wildman–Crippen MR) is 147 cm³/mol. The van der Waals surface area contributed by atoms with E-state index in [-0.39, 0.29) is 10.8 Å². The number of H-pyrrole nitrogens is 1. The van der Waals surface area contributed by atoms with E-state index in [1.165, 1.54) is 17.3 Å². The van der Waals surface area contributed by atoms with Crippen molar-refractivity contribution in [1.82, 2.24) is 9.97 Å². The number of anilines is 1. The van der Waals surface area contributed by atoms with Crippen molar-refractivity contribution in [3.8, 4) is 0 Å². The minimum atomic E-state index is -0.370. The van der Waals surface area contributed by atoms with Crippen LogP contribution in [0.3, 0.4) is 0 Å². The number of fused-ring (bicyclic) bond motifs is 1. The number of nitrogens with one attached hydrogen (secondary N) is 2. The topological polar surface area (TPSA) is 70.1 Å². The number of amidine groups is 1. The molecule has 6 heteroatoms. The molecule has 0 saturated heterocycles. The van der Waals surface area contributed by atoms with Crippen molar-refractivity contribution >= 4 is 39.3 Å². The minimum Gasteiger partial charge on any atom is -0.335 e. The average Bonchev–Trinajstić information content (AvgIpc) is 2.89. The van der Waals surface area contributed by atoms with E-state index in [0.717, 1.165) is 22.5 Å². The molecule has 2 N–H and O–H groups in total. The highest BCUT2D eigenvalue weighted by Crippen LogP contribution is 2.35.